The van der Waals surface area contributed by atoms with E-state index in [1.54, 1.807) is 36.3 Å². The number of aryl methyl sites for hydroxylation is 1. The van der Waals surface area contributed by atoms with Gasteiger partial charge in [-0.25, -0.2) is 8.42 Å². The first kappa shape index (κ1) is 30.2. The normalized spacial score (nSPS) is 12.2. The fourth-order valence-electron chi connectivity index (χ4n) is 3.98. The first-order valence-corrected chi connectivity index (χ1v) is 14.6. The summed E-state index contributed by atoms with van der Waals surface area (Å²) in [5.41, 5.74) is 2.56. The molecule has 0 bridgehead atoms. The van der Waals surface area contributed by atoms with Crippen LogP contribution in [0.2, 0.25) is 0 Å². The van der Waals surface area contributed by atoms with Gasteiger partial charge in [0.25, 0.3) is 0 Å². The molecular formula is C28H41N3O5S. The molecule has 0 heterocycles. The summed E-state index contributed by atoms with van der Waals surface area (Å²) in [4.78, 5) is 28.1. The molecule has 8 nitrogen and oxygen atoms in total. The Balaban J connectivity index is 2.19. The molecule has 0 aliphatic heterocycles. The van der Waals surface area contributed by atoms with Crippen molar-refractivity contribution in [1.29, 1.82) is 0 Å². The average molecular weight is 532 g/mol. The number of amides is 2. The molecule has 2 aromatic carbocycles. The van der Waals surface area contributed by atoms with E-state index in [-0.39, 0.29) is 24.8 Å². The highest BCUT2D eigenvalue weighted by molar-refractivity contribution is 7.92. The van der Waals surface area contributed by atoms with Gasteiger partial charge in [0.2, 0.25) is 21.8 Å². The highest BCUT2D eigenvalue weighted by atomic mass is 32.2. The predicted molar refractivity (Wildman–Crippen MR) is 148 cm³/mol. The van der Waals surface area contributed by atoms with Gasteiger partial charge in [0.15, 0.2) is 0 Å². The van der Waals surface area contributed by atoms with Gasteiger partial charge >= 0.3 is 0 Å². The molecule has 0 aliphatic rings. The van der Waals surface area contributed by atoms with Crippen LogP contribution >= 0.6 is 0 Å². The van der Waals surface area contributed by atoms with Crippen molar-refractivity contribution in [3.8, 4) is 5.75 Å². The Morgan fingerprint density at radius 2 is 1.65 bits per heavy atom. The Bertz CT molecular complexity index is 1120. The number of ether oxygens (including phenoxy) is 1. The van der Waals surface area contributed by atoms with Crippen molar-refractivity contribution in [1.82, 2.24) is 10.2 Å². The van der Waals surface area contributed by atoms with Crippen molar-refractivity contribution < 1.29 is 22.7 Å². The minimum Gasteiger partial charge on any atom is -0.497 e. The molecular weight excluding hydrogens is 490 g/mol. The van der Waals surface area contributed by atoms with Gasteiger partial charge in [0, 0.05) is 26.1 Å². The summed E-state index contributed by atoms with van der Waals surface area (Å²) in [7, 11) is -2.01. The monoisotopic (exact) mass is 531 g/mol. The van der Waals surface area contributed by atoms with Gasteiger partial charge in [-0.05, 0) is 55.5 Å². The van der Waals surface area contributed by atoms with E-state index in [1.807, 2.05) is 52.0 Å². The Morgan fingerprint density at radius 1 is 1.03 bits per heavy atom. The molecule has 0 radical (unpaired) electrons. The second kappa shape index (κ2) is 14.0. The Labute approximate surface area is 222 Å². The highest BCUT2D eigenvalue weighted by Gasteiger charge is 2.29. The van der Waals surface area contributed by atoms with E-state index in [2.05, 4.69) is 5.32 Å². The Hall–Kier alpha value is -3.07. The molecule has 2 rings (SSSR count). The summed E-state index contributed by atoms with van der Waals surface area (Å²) in [6.07, 6.45) is 2.05. The van der Waals surface area contributed by atoms with Gasteiger partial charge < -0.3 is 15.0 Å². The number of methoxy groups -OCH3 is 1. The average Bonchev–Trinajstić information content (AvgIpc) is 2.85. The topological polar surface area (TPSA) is 96.0 Å². The molecule has 1 atom stereocenters. The predicted octanol–water partition coefficient (Wildman–Crippen LogP) is 4.13. The lowest BCUT2D eigenvalue weighted by molar-refractivity contribution is -0.141. The molecule has 0 saturated carbocycles. The van der Waals surface area contributed by atoms with Crippen LogP contribution in [0.15, 0.2) is 48.5 Å². The van der Waals surface area contributed by atoms with Gasteiger partial charge in [-0.3, -0.25) is 13.9 Å². The SMILES string of the molecule is CC[C@H](C(=O)NCC(C)C)N(Cc1ccc(C)cc1)C(=O)CCCN(c1ccc(OC)cc1)S(C)(=O)=O. The van der Waals surface area contributed by atoms with Crippen LogP contribution in [0.25, 0.3) is 0 Å². The largest absolute Gasteiger partial charge is 0.497 e. The first-order chi connectivity index (χ1) is 17.5. The van der Waals surface area contributed by atoms with Crippen molar-refractivity contribution in [3.63, 3.8) is 0 Å². The van der Waals surface area contributed by atoms with E-state index >= 15 is 0 Å². The molecule has 1 N–H and O–H groups in total. The maximum absolute atomic E-state index is 13.5. The molecule has 0 saturated heterocycles. The van der Waals surface area contributed by atoms with Crippen LogP contribution in [0, 0.1) is 12.8 Å². The van der Waals surface area contributed by atoms with Crippen LogP contribution < -0.4 is 14.4 Å². The fraction of sp³-hybridized carbons (Fsp3) is 0.500. The van der Waals surface area contributed by atoms with E-state index in [1.165, 1.54) is 4.31 Å². The summed E-state index contributed by atoms with van der Waals surface area (Å²) in [5, 5.41) is 2.96. The number of anilines is 1. The zero-order chi connectivity index (χ0) is 27.6. The number of rotatable bonds is 14. The molecule has 37 heavy (non-hydrogen) atoms. The molecule has 0 aromatic heterocycles. The maximum atomic E-state index is 13.5. The molecule has 0 unspecified atom stereocenters. The second-order valence-corrected chi connectivity index (χ2v) is 11.6. The maximum Gasteiger partial charge on any atom is 0.242 e. The van der Waals surface area contributed by atoms with Gasteiger partial charge in [-0.1, -0.05) is 50.6 Å². The van der Waals surface area contributed by atoms with E-state index in [4.69, 9.17) is 4.74 Å². The summed E-state index contributed by atoms with van der Waals surface area (Å²) >= 11 is 0. The van der Waals surface area contributed by atoms with Crippen LogP contribution in [0.3, 0.4) is 0 Å². The lowest BCUT2D eigenvalue weighted by Gasteiger charge is -2.31. The van der Waals surface area contributed by atoms with Gasteiger partial charge in [-0.15, -0.1) is 0 Å². The molecule has 0 fully saturated rings. The van der Waals surface area contributed by atoms with Gasteiger partial charge in [-0.2, -0.15) is 0 Å². The zero-order valence-electron chi connectivity index (χ0n) is 22.9. The number of hydrogen-bond donors (Lipinski definition) is 1. The van der Waals surface area contributed by atoms with Crippen molar-refractivity contribution in [2.24, 2.45) is 5.92 Å². The number of nitrogens with one attached hydrogen (secondary N) is 1. The Morgan fingerprint density at radius 3 is 2.16 bits per heavy atom. The Kier molecular flexibility index (Phi) is 11.4. The minimum absolute atomic E-state index is 0.113. The number of benzene rings is 2. The highest BCUT2D eigenvalue weighted by Crippen LogP contribution is 2.22. The van der Waals surface area contributed by atoms with E-state index < -0.39 is 16.1 Å². The smallest absolute Gasteiger partial charge is 0.242 e. The van der Waals surface area contributed by atoms with Gasteiger partial charge in [0.05, 0.1) is 19.1 Å². The number of sulfonamides is 1. The fourth-order valence-corrected chi connectivity index (χ4v) is 4.95. The quantitative estimate of drug-likeness (QED) is 0.396. The van der Waals surface area contributed by atoms with Crippen LogP contribution in [-0.4, -0.2) is 57.6 Å². The van der Waals surface area contributed by atoms with E-state index in [9.17, 15) is 18.0 Å². The lowest BCUT2D eigenvalue weighted by Crippen LogP contribution is -2.49. The summed E-state index contributed by atoms with van der Waals surface area (Å²) in [6, 6.07) is 14.0. The van der Waals surface area contributed by atoms with E-state index in [0.717, 1.165) is 17.4 Å². The summed E-state index contributed by atoms with van der Waals surface area (Å²) < 4.78 is 31.4. The van der Waals surface area contributed by atoms with Crippen molar-refractivity contribution in [2.45, 2.75) is 59.5 Å². The number of nitrogens with zero attached hydrogens (tertiary/aromatic N) is 2. The van der Waals surface area contributed by atoms with Crippen LogP contribution in [0.1, 0.15) is 51.2 Å². The summed E-state index contributed by atoms with van der Waals surface area (Å²) in [5.74, 6) is 0.561. The third-order valence-electron chi connectivity index (χ3n) is 6.06. The van der Waals surface area contributed by atoms with Crippen molar-refractivity contribution in [2.75, 3.05) is 30.8 Å². The molecule has 0 spiro atoms. The molecule has 2 aromatic rings. The van der Waals surface area contributed by atoms with Crippen molar-refractivity contribution >= 4 is 27.5 Å². The molecule has 204 valence electrons. The standard InChI is InChI=1S/C28H41N3O5S/c1-7-26(28(33)29-19-21(2)3)30(20-23-12-10-22(4)11-13-23)27(32)9-8-18-31(37(6,34)35)24-14-16-25(36-5)17-15-24/h10-17,21,26H,7-9,18-20H2,1-6H3,(H,29,33)/t26-/m1/s1. The van der Waals surface area contributed by atoms with Crippen molar-refractivity contribution in [3.05, 3.63) is 59.7 Å². The first-order valence-electron chi connectivity index (χ1n) is 12.7. The van der Waals surface area contributed by atoms with E-state index in [0.29, 0.717) is 43.3 Å². The lowest BCUT2D eigenvalue weighted by atomic mass is 10.1. The van der Waals surface area contributed by atoms with Crippen LogP contribution in [0.5, 0.6) is 5.75 Å². The number of hydrogen-bond acceptors (Lipinski definition) is 5. The number of carbonyl (C=O) groups excluding carboxylic acids is 2. The third kappa shape index (κ3) is 9.39. The zero-order valence-corrected chi connectivity index (χ0v) is 23.7. The molecule has 2 amide bonds. The third-order valence-corrected chi connectivity index (χ3v) is 7.25. The summed E-state index contributed by atoms with van der Waals surface area (Å²) in [6.45, 7) is 8.92. The van der Waals surface area contributed by atoms with Gasteiger partial charge in [0.1, 0.15) is 11.8 Å². The van der Waals surface area contributed by atoms with Crippen LogP contribution in [-0.2, 0) is 26.2 Å². The molecule has 9 heteroatoms. The second-order valence-electron chi connectivity index (χ2n) is 9.71. The number of carbonyl (C=O) groups is 2. The van der Waals surface area contributed by atoms with Crippen LogP contribution in [0.4, 0.5) is 5.69 Å². The minimum atomic E-state index is -3.55. The molecule has 0 aliphatic carbocycles.